The third-order valence-electron chi connectivity index (χ3n) is 3.36. The summed E-state index contributed by atoms with van der Waals surface area (Å²) in [6, 6.07) is 5.94. The minimum Gasteiger partial charge on any atom is -0.372 e. The minimum absolute atomic E-state index is 0.0279. The standard InChI is InChI=1S/C14H21N3O3S/c1-9(2)13(14(15)18)16-11-5-3-4-6-12(11)21(19,20)17-10-7-8-10/h3-6,9-10,13,16-17H,7-8H2,1-2H3,(H2,15,18). The molecule has 0 aliphatic heterocycles. The summed E-state index contributed by atoms with van der Waals surface area (Å²) in [4.78, 5) is 11.6. The fourth-order valence-electron chi connectivity index (χ4n) is 2.04. The van der Waals surface area contributed by atoms with Gasteiger partial charge in [0, 0.05) is 6.04 Å². The number of anilines is 1. The zero-order valence-corrected chi connectivity index (χ0v) is 13.0. The van der Waals surface area contributed by atoms with Gasteiger partial charge in [-0.15, -0.1) is 0 Å². The first kappa shape index (κ1) is 15.8. The number of para-hydroxylation sites is 1. The molecule has 1 amide bonds. The number of benzene rings is 1. The van der Waals surface area contributed by atoms with Crippen molar-refractivity contribution < 1.29 is 13.2 Å². The van der Waals surface area contributed by atoms with Crippen molar-refractivity contribution in [2.75, 3.05) is 5.32 Å². The molecule has 0 spiro atoms. The number of nitrogens with two attached hydrogens (primary N) is 1. The molecule has 1 aliphatic rings. The van der Waals surface area contributed by atoms with Gasteiger partial charge in [0.25, 0.3) is 0 Å². The highest BCUT2D eigenvalue weighted by Gasteiger charge is 2.30. The molecule has 0 saturated heterocycles. The summed E-state index contributed by atoms with van der Waals surface area (Å²) in [5.74, 6) is -0.554. The van der Waals surface area contributed by atoms with Gasteiger partial charge in [0.1, 0.15) is 10.9 Å². The summed E-state index contributed by atoms with van der Waals surface area (Å²) < 4.78 is 27.3. The quantitative estimate of drug-likeness (QED) is 0.700. The van der Waals surface area contributed by atoms with E-state index < -0.39 is 22.0 Å². The molecule has 0 aromatic heterocycles. The second-order valence-corrected chi connectivity index (χ2v) is 7.34. The van der Waals surface area contributed by atoms with Gasteiger partial charge in [0.15, 0.2) is 0 Å². The van der Waals surface area contributed by atoms with Gasteiger partial charge < -0.3 is 11.1 Å². The second kappa shape index (κ2) is 6.03. The molecule has 1 aliphatic carbocycles. The Balaban J connectivity index is 2.30. The highest BCUT2D eigenvalue weighted by molar-refractivity contribution is 7.89. The van der Waals surface area contributed by atoms with Gasteiger partial charge in [-0.2, -0.15) is 0 Å². The highest BCUT2D eigenvalue weighted by Crippen LogP contribution is 2.26. The molecule has 21 heavy (non-hydrogen) atoms. The van der Waals surface area contributed by atoms with Crippen molar-refractivity contribution in [2.24, 2.45) is 11.7 Å². The van der Waals surface area contributed by atoms with Gasteiger partial charge >= 0.3 is 0 Å². The molecule has 116 valence electrons. The number of nitrogens with one attached hydrogen (secondary N) is 2. The van der Waals surface area contributed by atoms with Gasteiger partial charge in [-0.3, -0.25) is 4.79 Å². The van der Waals surface area contributed by atoms with Crippen LogP contribution in [0.1, 0.15) is 26.7 Å². The summed E-state index contributed by atoms with van der Waals surface area (Å²) in [5, 5.41) is 2.95. The van der Waals surface area contributed by atoms with Crippen molar-refractivity contribution >= 4 is 21.6 Å². The van der Waals surface area contributed by atoms with Gasteiger partial charge in [0.05, 0.1) is 5.69 Å². The lowest BCUT2D eigenvalue weighted by Crippen LogP contribution is -2.40. The second-order valence-electron chi connectivity index (χ2n) is 5.66. The van der Waals surface area contributed by atoms with Crippen molar-refractivity contribution in [1.82, 2.24) is 4.72 Å². The molecule has 1 aromatic rings. The normalized spacial score (nSPS) is 16.7. The van der Waals surface area contributed by atoms with E-state index in [-0.39, 0.29) is 16.9 Å². The topological polar surface area (TPSA) is 101 Å². The number of amides is 1. The van der Waals surface area contributed by atoms with Gasteiger partial charge in [-0.25, -0.2) is 13.1 Å². The third kappa shape index (κ3) is 3.95. The molecule has 2 rings (SSSR count). The molecule has 6 nitrogen and oxygen atoms in total. The van der Waals surface area contributed by atoms with Crippen LogP contribution in [-0.4, -0.2) is 26.4 Å². The van der Waals surface area contributed by atoms with Crippen LogP contribution in [0.5, 0.6) is 0 Å². The Labute approximate surface area is 125 Å². The Morgan fingerprint density at radius 2 is 1.90 bits per heavy atom. The number of carbonyl (C=O) groups excluding carboxylic acids is 1. The Kier molecular flexibility index (Phi) is 4.53. The molecule has 0 radical (unpaired) electrons. The van der Waals surface area contributed by atoms with Crippen LogP contribution in [0.3, 0.4) is 0 Å². The number of hydrogen-bond acceptors (Lipinski definition) is 4. The summed E-state index contributed by atoms with van der Waals surface area (Å²) in [6.07, 6.45) is 1.73. The van der Waals surface area contributed by atoms with Crippen LogP contribution in [0.2, 0.25) is 0 Å². The number of hydrogen-bond donors (Lipinski definition) is 3. The molecule has 7 heteroatoms. The molecule has 0 bridgehead atoms. The SMILES string of the molecule is CC(C)C(Nc1ccccc1S(=O)(=O)NC1CC1)C(N)=O. The van der Waals surface area contributed by atoms with Crippen molar-refractivity contribution in [3.63, 3.8) is 0 Å². The zero-order chi connectivity index (χ0) is 15.6. The van der Waals surface area contributed by atoms with E-state index in [4.69, 9.17) is 5.73 Å². The molecule has 1 aromatic carbocycles. The fraction of sp³-hybridized carbons (Fsp3) is 0.500. The molecular weight excluding hydrogens is 290 g/mol. The summed E-state index contributed by atoms with van der Waals surface area (Å²) in [6.45, 7) is 3.70. The molecule has 1 unspecified atom stereocenters. The Bertz CT molecular complexity index is 624. The van der Waals surface area contributed by atoms with Crippen LogP contribution in [0.4, 0.5) is 5.69 Å². The van der Waals surface area contributed by atoms with Gasteiger partial charge in [0.2, 0.25) is 15.9 Å². The molecule has 1 atom stereocenters. The zero-order valence-electron chi connectivity index (χ0n) is 12.2. The van der Waals surface area contributed by atoms with E-state index in [1.54, 1.807) is 18.2 Å². The van der Waals surface area contributed by atoms with E-state index >= 15 is 0 Å². The average molecular weight is 311 g/mol. The molecular formula is C14H21N3O3S. The van der Waals surface area contributed by atoms with Crippen LogP contribution in [0, 0.1) is 5.92 Å². The van der Waals surface area contributed by atoms with Crippen LogP contribution in [0.15, 0.2) is 29.2 Å². The largest absolute Gasteiger partial charge is 0.372 e. The lowest BCUT2D eigenvalue weighted by Gasteiger charge is -2.22. The minimum atomic E-state index is -3.59. The molecule has 1 fully saturated rings. The van der Waals surface area contributed by atoms with Crippen molar-refractivity contribution in [3.8, 4) is 0 Å². The predicted molar refractivity (Wildman–Crippen MR) is 81.2 cm³/mol. The van der Waals surface area contributed by atoms with E-state index in [0.29, 0.717) is 5.69 Å². The lowest BCUT2D eigenvalue weighted by molar-refractivity contribution is -0.119. The first-order valence-electron chi connectivity index (χ1n) is 6.98. The number of carbonyl (C=O) groups is 1. The number of sulfonamides is 1. The van der Waals surface area contributed by atoms with E-state index in [1.807, 2.05) is 13.8 Å². The van der Waals surface area contributed by atoms with Crippen LogP contribution in [-0.2, 0) is 14.8 Å². The molecule has 4 N–H and O–H groups in total. The number of primary amides is 1. The summed E-state index contributed by atoms with van der Waals surface area (Å²) >= 11 is 0. The van der Waals surface area contributed by atoms with Crippen molar-refractivity contribution in [2.45, 2.75) is 43.7 Å². The van der Waals surface area contributed by atoms with Crippen LogP contribution in [0.25, 0.3) is 0 Å². The van der Waals surface area contributed by atoms with E-state index in [2.05, 4.69) is 10.0 Å². The smallest absolute Gasteiger partial charge is 0.242 e. The van der Waals surface area contributed by atoms with Gasteiger partial charge in [-0.05, 0) is 30.9 Å². The molecule has 1 saturated carbocycles. The lowest BCUT2D eigenvalue weighted by atomic mass is 10.0. The summed E-state index contributed by atoms with van der Waals surface area (Å²) in [7, 11) is -3.59. The monoisotopic (exact) mass is 311 g/mol. The highest BCUT2D eigenvalue weighted by atomic mass is 32.2. The molecule has 0 heterocycles. The fourth-order valence-corrected chi connectivity index (χ4v) is 3.51. The maximum atomic E-state index is 12.4. The van der Waals surface area contributed by atoms with E-state index in [9.17, 15) is 13.2 Å². The third-order valence-corrected chi connectivity index (χ3v) is 4.94. The van der Waals surface area contributed by atoms with Crippen LogP contribution >= 0.6 is 0 Å². The van der Waals surface area contributed by atoms with Crippen molar-refractivity contribution in [3.05, 3.63) is 24.3 Å². The Morgan fingerprint density at radius 1 is 1.29 bits per heavy atom. The Hall–Kier alpha value is -1.60. The first-order chi connectivity index (χ1) is 9.81. The maximum absolute atomic E-state index is 12.4. The Morgan fingerprint density at radius 3 is 2.43 bits per heavy atom. The first-order valence-corrected chi connectivity index (χ1v) is 8.47. The van der Waals surface area contributed by atoms with E-state index in [0.717, 1.165) is 12.8 Å². The van der Waals surface area contributed by atoms with Crippen molar-refractivity contribution in [1.29, 1.82) is 0 Å². The van der Waals surface area contributed by atoms with E-state index in [1.165, 1.54) is 6.07 Å². The maximum Gasteiger partial charge on any atom is 0.242 e. The van der Waals surface area contributed by atoms with Crippen LogP contribution < -0.4 is 15.8 Å². The predicted octanol–water partition coefficient (Wildman–Crippen LogP) is 1.05. The average Bonchev–Trinajstić information content (AvgIpc) is 3.18. The van der Waals surface area contributed by atoms with Gasteiger partial charge in [-0.1, -0.05) is 26.0 Å². The number of rotatable bonds is 7. The summed E-state index contributed by atoms with van der Waals surface area (Å²) in [5.41, 5.74) is 5.76.